The van der Waals surface area contributed by atoms with Gasteiger partial charge in [-0.05, 0) is 30.9 Å². The van der Waals surface area contributed by atoms with Crippen LogP contribution >= 0.6 is 0 Å². The van der Waals surface area contributed by atoms with Crippen molar-refractivity contribution in [3.05, 3.63) is 30.1 Å². The zero-order valence-electron chi connectivity index (χ0n) is 9.72. The fraction of sp³-hybridized carbons (Fsp3) is 0.417. The summed E-state index contributed by atoms with van der Waals surface area (Å²) in [5.41, 5.74) is 1.07. The third-order valence-corrected chi connectivity index (χ3v) is 2.36. The standard InChI is InChI=1S/C12H16N2O3/c1-9(15)14-11(12(16)17)6-2-4-10-5-3-7-13-8-10/h3,5,7-8,11H,2,4,6H2,1H3,(H,14,15)(H,16,17). The minimum atomic E-state index is -0.994. The van der Waals surface area contributed by atoms with Crippen molar-refractivity contribution >= 4 is 11.9 Å². The number of amides is 1. The summed E-state index contributed by atoms with van der Waals surface area (Å²) < 4.78 is 0. The summed E-state index contributed by atoms with van der Waals surface area (Å²) in [4.78, 5) is 25.6. The van der Waals surface area contributed by atoms with Gasteiger partial charge in [-0.15, -0.1) is 0 Å². The Morgan fingerprint density at radius 3 is 2.82 bits per heavy atom. The van der Waals surface area contributed by atoms with Crippen LogP contribution in [0.15, 0.2) is 24.5 Å². The molecule has 1 heterocycles. The number of carbonyl (C=O) groups excluding carboxylic acids is 1. The highest BCUT2D eigenvalue weighted by Gasteiger charge is 2.17. The van der Waals surface area contributed by atoms with Gasteiger partial charge in [-0.3, -0.25) is 9.78 Å². The van der Waals surface area contributed by atoms with Gasteiger partial charge in [0.05, 0.1) is 0 Å². The molecule has 5 heteroatoms. The molecule has 0 spiro atoms. The number of rotatable bonds is 6. The first-order valence-corrected chi connectivity index (χ1v) is 5.48. The molecule has 5 nitrogen and oxygen atoms in total. The fourth-order valence-corrected chi connectivity index (χ4v) is 1.56. The topological polar surface area (TPSA) is 79.3 Å². The second-order valence-corrected chi connectivity index (χ2v) is 3.84. The van der Waals surface area contributed by atoms with Crippen LogP contribution in [0.5, 0.6) is 0 Å². The van der Waals surface area contributed by atoms with Gasteiger partial charge in [-0.1, -0.05) is 6.07 Å². The zero-order chi connectivity index (χ0) is 12.7. The molecule has 1 rings (SSSR count). The predicted octanol–water partition coefficient (Wildman–Crippen LogP) is 0.994. The van der Waals surface area contributed by atoms with Crippen molar-refractivity contribution < 1.29 is 14.7 Å². The van der Waals surface area contributed by atoms with Gasteiger partial charge < -0.3 is 10.4 Å². The van der Waals surface area contributed by atoms with Crippen molar-refractivity contribution in [2.75, 3.05) is 0 Å². The highest BCUT2D eigenvalue weighted by Crippen LogP contribution is 2.05. The molecule has 2 N–H and O–H groups in total. The van der Waals surface area contributed by atoms with Crippen LogP contribution in [0.1, 0.15) is 25.3 Å². The molecule has 0 aliphatic carbocycles. The second kappa shape index (κ2) is 6.62. The van der Waals surface area contributed by atoms with Gasteiger partial charge in [0.1, 0.15) is 6.04 Å². The molecule has 0 aromatic carbocycles. The van der Waals surface area contributed by atoms with Crippen LogP contribution in [0.2, 0.25) is 0 Å². The van der Waals surface area contributed by atoms with Crippen LogP contribution in [-0.4, -0.2) is 28.0 Å². The van der Waals surface area contributed by atoms with Crippen molar-refractivity contribution in [1.29, 1.82) is 0 Å². The Labute approximate surface area is 99.9 Å². The average molecular weight is 236 g/mol. The lowest BCUT2D eigenvalue weighted by atomic mass is 10.1. The number of aliphatic carboxylic acids is 1. The highest BCUT2D eigenvalue weighted by molar-refractivity contribution is 5.81. The van der Waals surface area contributed by atoms with Crippen molar-refractivity contribution in [1.82, 2.24) is 10.3 Å². The van der Waals surface area contributed by atoms with E-state index in [1.54, 1.807) is 12.4 Å². The molecule has 1 amide bonds. The molecule has 0 aliphatic rings. The summed E-state index contributed by atoms with van der Waals surface area (Å²) in [6.45, 7) is 1.32. The summed E-state index contributed by atoms with van der Waals surface area (Å²) in [7, 11) is 0. The molecule has 1 atom stereocenters. The molecule has 1 aromatic rings. The Morgan fingerprint density at radius 1 is 1.53 bits per heavy atom. The lowest BCUT2D eigenvalue weighted by Crippen LogP contribution is -2.39. The van der Waals surface area contributed by atoms with Crippen LogP contribution < -0.4 is 5.32 Å². The average Bonchev–Trinajstić information content (AvgIpc) is 2.28. The molecule has 0 radical (unpaired) electrons. The van der Waals surface area contributed by atoms with Gasteiger partial charge in [0.15, 0.2) is 0 Å². The van der Waals surface area contributed by atoms with Crippen LogP contribution in [-0.2, 0) is 16.0 Å². The third kappa shape index (κ3) is 5.10. The fourth-order valence-electron chi connectivity index (χ4n) is 1.56. The Balaban J connectivity index is 2.37. The monoisotopic (exact) mass is 236 g/mol. The van der Waals surface area contributed by atoms with Gasteiger partial charge in [0, 0.05) is 19.3 Å². The molecule has 0 fully saturated rings. The highest BCUT2D eigenvalue weighted by atomic mass is 16.4. The number of nitrogens with one attached hydrogen (secondary N) is 1. The Morgan fingerprint density at radius 2 is 2.29 bits per heavy atom. The minimum absolute atomic E-state index is 0.321. The van der Waals surface area contributed by atoms with E-state index in [2.05, 4.69) is 10.3 Å². The Kier molecular flexibility index (Phi) is 5.13. The zero-order valence-corrected chi connectivity index (χ0v) is 9.72. The number of carboxylic acid groups (broad SMARTS) is 1. The lowest BCUT2D eigenvalue weighted by Gasteiger charge is -2.12. The predicted molar refractivity (Wildman–Crippen MR) is 62.4 cm³/mol. The van der Waals surface area contributed by atoms with Gasteiger partial charge in [-0.25, -0.2) is 4.79 Å². The molecule has 17 heavy (non-hydrogen) atoms. The van der Waals surface area contributed by atoms with E-state index in [4.69, 9.17) is 5.11 Å². The van der Waals surface area contributed by atoms with Gasteiger partial charge >= 0.3 is 5.97 Å². The van der Waals surface area contributed by atoms with Crippen molar-refractivity contribution in [3.63, 3.8) is 0 Å². The maximum Gasteiger partial charge on any atom is 0.326 e. The van der Waals surface area contributed by atoms with Crippen molar-refractivity contribution in [2.45, 2.75) is 32.2 Å². The number of carbonyl (C=O) groups is 2. The van der Waals surface area contributed by atoms with Gasteiger partial charge in [0.25, 0.3) is 0 Å². The summed E-state index contributed by atoms with van der Waals surface area (Å²) >= 11 is 0. The Hall–Kier alpha value is -1.91. The summed E-state index contributed by atoms with van der Waals surface area (Å²) in [6.07, 6.45) is 5.33. The minimum Gasteiger partial charge on any atom is -0.480 e. The number of hydrogen-bond donors (Lipinski definition) is 2. The molecule has 92 valence electrons. The van der Waals surface area contributed by atoms with E-state index < -0.39 is 12.0 Å². The van der Waals surface area contributed by atoms with E-state index in [1.165, 1.54) is 6.92 Å². The van der Waals surface area contributed by atoms with Crippen LogP contribution in [0.25, 0.3) is 0 Å². The quantitative estimate of drug-likeness (QED) is 0.772. The normalized spacial score (nSPS) is 11.8. The molecule has 0 saturated heterocycles. The van der Waals surface area contributed by atoms with E-state index in [0.717, 1.165) is 12.0 Å². The number of hydrogen-bond acceptors (Lipinski definition) is 3. The molecule has 0 bridgehead atoms. The third-order valence-electron chi connectivity index (χ3n) is 2.36. The summed E-state index contributed by atoms with van der Waals surface area (Å²) in [5.74, 6) is -1.31. The number of carboxylic acids is 1. The molecular formula is C12H16N2O3. The maximum absolute atomic E-state index is 10.9. The van der Waals surface area contributed by atoms with Gasteiger partial charge in [0.2, 0.25) is 5.91 Å². The molecule has 0 saturated carbocycles. The number of aromatic nitrogens is 1. The van der Waals surface area contributed by atoms with Gasteiger partial charge in [-0.2, -0.15) is 0 Å². The first kappa shape index (κ1) is 13.2. The molecule has 0 aliphatic heterocycles. The summed E-state index contributed by atoms with van der Waals surface area (Å²) in [5, 5.41) is 11.3. The smallest absolute Gasteiger partial charge is 0.326 e. The van der Waals surface area contributed by atoms with Crippen LogP contribution in [0.3, 0.4) is 0 Å². The van der Waals surface area contributed by atoms with E-state index in [0.29, 0.717) is 12.8 Å². The first-order chi connectivity index (χ1) is 8.09. The van der Waals surface area contributed by atoms with E-state index in [-0.39, 0.29) is 5.91 Å². The van der Waals surface area contributed by atoms with Crippen LogP contribution in [0, 0.1) is 0 Å². The van der Waals surface area contributed by atoms with Crippen LogP contribution in [0.4, 0.5) is 0 Å². The van der Waals surface area contributed by atoms with Crippen molar-refractivity contribution in [3.8, 4) is 0 Å². The maximum atomic E-state index is 10.9. The summed E-state index contributed by atoms with van der Waals surface area (Å²) in [6, 6.07) is 2.99. The number of aryl methyl sites for hydroxylation is 1. The van der Waals surface area contributed by atoms with E-state index in [1.807, 2.05) is 12.1 Å². The van der Waals surface area contributed by atoms with Crippen molar-refractivity contribution in [2.24, 2.45) is 0 Å². The second-order valence-electron chi connectivity index (χ2n) is 3.84. The number of pyridine rings is 1. The first-order valence-electron chi connectivity index (χ1n) is 5.48. The van der Waals surface area contributed by atoms with E-state index >= 15 is 0 Å². The number of nitrogens with zero attached hydrogens (tertiary/aromatic N) is 1. The largest absolute Gasteiger partial charge is 0.480 e. The lowest BCUT2D eigenvalue weighted by molar-refractivity contribution is -0.141. The van der Waals surface area contributed by atoms with E-state index in [9.17, 15) is 9.59 Å². The molecule has 1 aromatic heterocycles. The SMILES string of the molecule is CC(=O)NC(CCCc1cccnc1)C(=O)O. The Bertz CT molecular complexity index is 379. The molecule has 1 unspecified atom stereocenters. The molecular weight excluding hydrogens is 220 g/mol.